The number of carbonyl (C=O) groups excluding carboxylic acids is 3. The molecule has 8 heteroatoms. The zero-order valence-electron chi connectivity index (χ0n) is 20.1. The lowest BCUT2D eigenvalue weighted by Gasteiger charge is -2.43. The molecule has 0 aromatic rings. The summed E-state index contributed by atoms with van der Waals surface area (Å²) in [6.07, 6.45) is 7.85. The number of fused-ring (bicyclic) bond motifs is 1. The first kappa shape index (κ1) is 24.6. The number of nitrogens with zero attached hydrogens (tertiary/aromatic N) is 2. The van der Waals surface area contributed by atoms with E-state index in [0.717, 1.165) is 32.1 Å². The Kier molecular flexibility index (Phi) is 7.16. The molecule has 3 heterocycles. The molecule has 0 aromatic carbocycles. The maximum Gasteiger partial charge on any atom is 0.310 e. The van der Waals surface area contributed by atoms with Gasteiger partial charge in [-0.15, -0.1) is 18.3 Å². The third-order valence-electron chi connectivity index (χ3n) is 8.34. The lowest BCUT2D eigenvalue weighted by molar-refractivity contribution is -0.154. The molecule has 1 N–H and O–H groups in total. The topological polar surface area (TPSA) is 87.2 Å². The number of rotatable bonds is 8. The maximum atomic E-state index is 14.4. The minimum Gasteiger partial charge on any atom is -0.466 e. The summed E-state index contributed by atoms with van der Waals surface area (Å²) in [4.78, 5) is 44.8. The summed E-state index contributed by atoms with van der Waals surface area (Å²) < 4.78 is 4.71. The molecule has 2 bridgehead atoms. The van der Waals surface area contributed by atoms with E-state index in [4.69, 9.17) is 4.74 Å². The summed E-state index contributed by atoms with van der Waals surface area (Å²) >= 11 is 1.66. The molecule has 4 aliphatic rings. The summed E-state index contributed by atoms with van der Waals surface area (Å²) in [7, 11) is 0. The molecule has 3 saturated heterocycles. The number of ether oxygens (including phenoxy) is 1. The van der Waals surface area contributed by atoms with E-state index in [1.807, 2.05) is 4.90 Å². The molecule has 184 valence electrons. The average molecular weight is 479 g/mol. The zero-order chi connectivity index (χ0) is 23.9. The van der Waals surface area contributed by atoms with Gasteiger partial charge in [0.1, 0.15) is 6.04 Å². The van der Waals surface area contributed by atoms with Gasteiger partial charge in [0.05, 0.1) is 35.8 Å². The number of amides is 2. The molecule has 4 rings (SSSR count). The van der Waals surface area contributed by atoms with E-state index in [-0.39, 0.29) is 48.2 Å². The van der Waals surface area contributed by atoms with E-state index >= 15 is 0 Å². The SMILES string of the molecule is C=CCN(C(=O)C1N([C@H](C)CO)C(=O)[C@@H]2[C@H](C(=O)OCC)[C@@H]3CC(C)C12S3)C1CCCCC1. The number of aliphatic hydroxyl groups excluding tert-OH is 1. The van der Waals surface area contributed by atoms with Crippen molar-refractivity contribution in [1.29, 1.82) is 0 Å². The third-order valence-corrected chi connectivity index (χ3v) is 10.4. The third kappa shape index (κ3) is 3.72. The molecule has 0 aromatic heterocycles. The molecule has 0 radical (unpaired) electrons. The molecule has 1 saturated carbocycles. The Labute approximate surface area is 201 Å². The fraction of sp³-hybridized carbons (Fsp3) is 0.800. The van der Waals surface area contributed by atoms with Crippen molar-refractivity contribution in [2.75, 3.05) is 19.8 Å². The van der Waals surface area contributed by atoms with Gasteiger partial charge in [0.2, 0.25) is 11.8 Å². The van der Waals surface area contributed by atoms with E-state index in [2.05, 4.69) is 13.5 Å². The second-order valence-electron chi connectivity index (χ2n) is 10.2. The van der Waals surface area contributed by atoms with Crippen molar-refractivity contribution in [1.82, 2.24) is 9.80 Å². The largest absolute Gasteiger partial charge is 0.466 e. The van der Waals surface area contributed by atoms with Crippen molar-refractivity contribution in [2.45, 2.75) is 87.4 Å². The fourth-order valence-electron chi connectivity index (χ4n) is 6.92. The van der Waals surface area contributed by atoms with Gasteiger partial charge < -0.3 is 19.6 Å². The smallest absolute Gasteiger partial charge is 0.310 e. The molecule has 33 heavy (non-hydrogen) atoms. The predicted octanol–water partition coefficient (Wildman–Crippen LogP) is 2.61. The molecule has 2 amide bonds. The zero-order valence-corrected chi connectivity index (χ0v) is 20.9. The second-order valence-corrected chi connectivity index (χ2v) is 11.7. The number of likely N-dealkylation sites (tertiary alicyclic amines) is 1. The van der Waals surface area contributed by atoms with Gasteiger partial charge in [-0.25, -0.2) is 0 Å². The Morgan fingerprint density at radius 1 is 1.36 bits per heavy atom. The van der Waals surface area contributed by atoms with Crippen LogP contribution >= 0.6 is 11.8 Å². The maximum absolute atomic E-state index is 14.4. The van der Waals surface area contributed by atoms with E-state index in [1.165, 1.54) is 6.42 Å². The molecule has 1 aliphatic carbocycles. The van der Waals surface area contributed by atoms with E-state index in [0.29, 0.717) is 6.54 Å². The van der Waals surface area contributed by atoms with Gasteiger partial charge in [-0.2, -0.15) is 0 Å². The second kappa shape index (κ2) is 9.61. The molecule has 1 spiro atoms. The molecule has 7 nitrogen and oxygen atoms in total. The van der Waals surface area contributed by atoms with Gasteiger partial charge in [0, 0.05) is 17.8 Å². The Balaban J connectivity index is 1.77. The Morgan fingerprint density at radius 2 is 2.06 bits per heavy atom. The van der Waals surface area contributed by atoms with Crippen molar-refractivity contribution in [3.63, 3.8) is 0 Å². The highest BCUT2D eigenvalue weighted by atomic mass is 32.2. The van der Waals surface area contributed by atoms with Crippen LogP contribution in [0.4, 0.5) is 0 Å². The van der Waals surface area contributed by atoms with Crippen LogP contribution in [0, 0.1) is 17.8 Å². The summed E-state index contributed by atoms with van der Waals surface area (Å²) in [5.74, 6) is -1.59. The highest BCUT2D eigenvalue weighted by Gasteiger charge is 2.77. The van der Waals surface area contributed by atoms with E-state index in [1.54, 1.807) is 36.6 Å². The summed E-state index contributed by atoms with van der Waals surface area (Å²) in [6, 6.07) is -1.05. The predicted molar refractivity (Wildman–Crippen MR) is 127 cm³/mol. The quantitative estimate of drug-likeness (QED) is 0.426. The van der Waals surface area contributed by atoms with Crippen molar-refractivity contribution >= 4 is 29.5 Å². The van der Waals surface area contributed by atoms with Gasteiger partial charge in [0.25, 0.3) is 0 Å². The Hall–Kier alpha value is -1.54. The standard InChI is InChI=1S/C25H38N2O5S/c1-5-12-26(17-10-8-7-9-11-17)23(30)21-25-15(3)13-18(33-25)19(24(31)32-6-2)20(25)22(29)27(21)16(4)14-28/h5,15-21,28H,1,6-14H2,2-4H3/t15?,16-,18+,19-,20+,21?,25?/m1/s1. The van der Waals surface area contributed by atoms with Crippen LogP contribution in [0.3, 0.4) is 0 Å². The highest BCUT2D eigenvalue weighted by molar-refractivity contribution is 8.02. The molecular formula is C25H38N2O5S. The van der Waals surface area contributed by atoms with Gasteiger partial charge in [-0.1, -0.05) is 32.3 Å². The van der Waals surface area contributed by atoms with Gasteiger partial charge in [0.15, 0.2) is 0 Å². The lowest BCUT2D eigenvalue weighted by atomic mass is 9.66. The highest BCUT2D eigenvalue weighted by Crippen LogP contribution is 2.69. The fourth-order valence-corrected chi connectivity index (χ4v) is 9.31. The minimum atomic E-state index is -0.691. The van der Waals surface area contributed by atoms with E-state index in [9.17, 15) is 19.5 Å². The van der Waals surface area contributed by atoms with Crippen LogP contribution < -0.4 is 0 Å². The van der Waals surface area contributed by atoms with Gasteiger partial charge in [-0.3, -0.25) is 14.4 Å². The lowest BCUT2D eigenvalue weighted by Crippen LogP contribution is -2.60. The number of carbonyl (C=O) groups is 3. The first-order valence-electron chi connectivity index (χ1n) is 12.5. The minimum absolute atomic E-state index is 0.0163. The molecule has 7 atom stereocenters. The van der Waals surface area contributed by atoms with Crippen molar-refractivity contribution in [3.05, 3.63) is 12.7 Å². The normalized spacial score (nSPS) is 36.5. The summed E-state index contributed by atoms with van der Waals surface area (Å²) in [6.45, 7) is 10.1. The van der Waals surface area contributed by atoms with Crippen LogP contribution in [0.5, 0.6) is 0 Å². The van der Waals surface area contributed by atoms with Crippen LogP contribution in [0.25, 0.3) is 0 Å². The summed E-state index contributed by atoms with van der Waals surface area (Å²) in [5.41, 5.74) is 0. The first-order valence-corrected chi connectivity index (χ1v) is 13.4. The molecule has 3 aliphatic heterocycles. The molecular weight excluding hydrogens is 440 g/mol. The van der Waals surface area contributed by atoms with Crippen molar-refractivity contribution in [2.24, 2.45) is 17.8 Å². The van der Waals surface area contributed by atoms with Crippen LogP contribution in [0.1, 0.15) is 59.3 Å². The average Bonchev–Trinajstić information content (AvgIpc) is 3.41. The number of esters is 1. The number of hydrogen-bond donors (Lipinski definition) is 1. The summed E-state index contributed by atoms with van der Waals surface area (Å²) in [5, 5.41) is 10.0. The van der Waals surface area contributed by atoms with Crippen LogP contribution in [0.2, 0.25) is 0 Å². The van der Waals surface area contributed by atoms with Crippen molar-refractivity contribution in [3.8, 4) is 0 Å². The molecule has 3 unspecified atom stereocenters. The Morgan fingerprint density at radius 3 is 2.67 bits per heavy atom. The van der Waals surface area contributed by atoms with Crippen LogP contribution in [0.15, 0.2) is 12.7 Å². The van der Waals surface area contributed by atoms with Crippen LogP contribution in [-0.2, 0) is 19.1 Å². The van der Waals surface area contributed by atoms with E-state index < -0.39 is 28.7 Å². The van der Waals surface area contributed by atoms with Crippen molar-refractivity contribution < 1.29 is 24.2 Å². The number of thioether (sulfide) groups is 1. The monoisotopic (exact) mass is 478 g/mol. The van der Waals surface area contributed by atoms with Crippen LogP contribution in [-0.4, -0.2) is 80.6 Å². The number of hydrogen-bond acceptors (Lipinski definition) is 6. The number of aliphatic hydroxyl groups is 1. The van der Waals surface area contributed by atoms with Gasteiger partial charge in [-0.05, 0) is 39.0 Å². The Bertz CT molecular complexity index is 800. The van der Waals surface area contributed by atoms with Gasteiger partial charge >= 0.3 is 5.97 Å². The molecule has 4 fully saturated rings. The first-order chi connectivity index (χ1) is 15.8.